The van der Waals surface area contributed by atoms with Gasteiger partial charge in [-0.15, -0.1) is 0 Å². The molecule has 27 heavy (non-hydrogen) atoms. The van der Waals surface area contributed by atoms with Crippen LogP contribution in [0.15, 0.2) is 47.4 Å². The number of rotatable bonds is 7. The number of nitrogens with one attached hydrogen (secondary N) is 2. The molecule has 0 aliphatic rings. The van der Waals surface area contributed by atoms with Gasteiger partial charge < -0.3 is 10.1 Å². The van der Waals surface area contributed by atoms with Crippen molar-refractivity contribution in [2.45, 2.75) is 38.6 Å². The molecule has 0 aromatic heterocycles. The molecule has 2 rings (SSSR count). The van der Waals surface area contributed by atoms with E-state index in [1.165, 1.54) is 19.2 Å². The fourth-order valence-electron chi connectivity index (χ4n) is 2.58. The maximum absolute atomic E-state index is 12.8. The van der Waals surface area contributed by atoms with Gasteiger partial charge in [-0.1, -0.05) is 26.0 Å². The summed E-state index contributed by atoms with van der Waals surface area (Å²) in [4.78, 5) is 12.8. The van der Waals surface area contributed by atoms with Gasteiger partial charge in [0, 0.05) is 5.69 Å². The van der Waals surface area contributed by atoms with Crippen molar-refractivity contribution in [2.24, 2.45) is 5.92 Å². The number of carbonyl (C=O) groups excluding carboxylic acids is 1. The summed E-state index contributed by atoms with van der Waals surface area (Å²) in [5.74, 6) is -0.0686. The molecule has 2 N–H and O–H groups in total. The van der Waals surface area contributed by atoms with E-state index in [0.717, 1.165) is 11.1 Å². The van der Waals surface area contributed by atoms with Gasteiger partial charge in [-0.3, -0.25) is 4.79 Å². The highest BCUT2D eigenvalue weighted by Crippen LogP contribution is 2.20. The van der Waals surface area contributed by atoms with Gasteiger partial charge in [0.2, 0.25) is 15.9 Å². The zero-order valence-electron chi connectivity index (χ0n) is 16.2. The van der Waals surface area contributed by atoms with Crippen LogP contribution in [0.3, 0.4) is 0 Å². The number of hydrogen-bond donors (Lipinski definition) is 2. The van der Waals surface area contributed by atoms with Crippen molar-refractivity contribution in [3.63, 3.8) is 0 Å². The normalized spacial score (nSPS) is 12.7. The first kappa shape index (κ1) is 20.9. The molecule has 1 atom stereocenters. The highest BCUT2D eigenvalue weighted by atomic mass is 32.2. The summed E-state index contributed by atoms with van der Waals surface area (Å²) >= 11 is 0. The molecule has 0 heterocycles. The summed E-state index contributed by atoms with van der Waals surface area (Å²) in [5.41, 5.74) is 2.67. The fraction of sp³-hybridized carbons (Fsp3) is 0.350. The van der Waals surface area contributed by atoms with Crippen LogP contribution >= 0.6 is 0 Å². The van der Waals surface area contributed by atoms with Crippen LogP contribution in [0.1, 0.15) is 25.0 Å². The number of aryl methyl sites for hydroxylation is 1. The van der Waals surface area contributed by atoms with Gasteiger partial charge in [-0.25, -0.2) is 8.42 Å². The molecule has 0 aliphatic heterocycles. The van der Waals surface area contributed by atoms with E-state index >= 15 is 0 Å². The van der Waals surface area contributed by atoms with E-state index in [0.29, 0.717) is 11.4 Å². The van der Waals surface area contributed by atoms with E-state index in [-0.39, 0.29) is 10.8 Å². The molecular weight excluding hydrogens is 364 g/mol. The summed E-state index contributed by atoms with van der Waals surface area (Å²) in [6.07, 6.45) is 0. The average molecular weight is 391 g/mol. The van der Waals surface area contributed by atoms with Crippen LogP contribution in [0.2, 0.25) is 0 Å². The Kier molecular flexibility index (Phi) is 6.62. The second kappa shape index (κ2) is 8.54. The predicted molar refractivity (Wildman–Crippen MR) is 106 cm³/mol. The number of methoxy groups -OCH3 is 1. The summed E-state index contributed by atoms with van der Waals surface area (Å²) in [6.45, 7) is 7.46. The highest BCUT2D eigenvalue weighted by Gasteiger charge is 2.28. The minimum absolute atomic E-state index is 0.0773. The van der Waals surface area contributed by atoms with Crippen LogP contribution in [-0.4, -0.2) is 27.5 Å². The van der Waals surface area contributed by atoms with Crippen LogP contribution in [0.25, 0.3) is 0 Å². The average Bonchev–Trinajstić information content (AvgIpc) is 2.63. The first-order chi connectivity index (χ1) is 12.7. The van der Waals surface area contributed by atoms with Gasteiger partial charge in [-0.2, -0.15) is 4.72 Å². The van der Waals surface area contributed by atoms with Crippen LogP contribution < -0.4 is 14.8 Å². The Labute approximate surface area is 161 Å². The first-order valence-electron chi connectivity index (χ1n) is 8.69. The van der Waals surface area contributed by atoms with Crippen molar-refractivity contribution >= 4 is 21.6 Å². The Balaban J connectivity index is 2.23. The SMILES string of the molecule is COc1ccc(S(=O)(=O)NC(C(=O)Nc2cccc(C)c2C)C(C)C)cc1. The second-order valence-corrected chi connectivity index (χ2v) is 8.47. The number of anilines is 1. The van der Waals surface area contributed by atoms with Gasteiger partial charge in [0.25, 0.3) is 0 Å². The lowest BCUT2D eigenvalue weighted by Crippen LogP contribution is -2.47. The second-order valence-electron chi connectivity index (χ2n) is 6.76. The minimum Gasteiger partial charge on any atom is -0.497 e. The molecule has 2 aromatic carbocycles. The Hall–Kier alpha value is -2.38. The molecule has 146 valence electrons. The minimum atomic E-state index is -3.85. The summed E-state index contributed by atoms with van der Waals surface area (Å²) in [5, 5.41) is 2.84. The van der Waals surface area contributed by atoms with E-state index in [4.69, 9.17) is 4.74 Å². The maximum atomic E-state index is 12.8. The molecule has 0 aliphatic carbocycles. The monoisotopic (exact) mass is 390 g/mol. The van der Waals surface area contributed by atoms with Crippen molar-refractivity contribution in [3.05, 3.63) is 53.6 Å². The smallest absolute Gasteiger partial charge is 0.242 e. The fourth-order valence-corrected chi connectivity index (χ4v) is 3.92. The van der Waals surface area contributed by atoms with E-state index in [1.807, 2.05) is 26.0 Å². The van der Waals surface area contributed by atoms with E-state index in [2.05, 4.69) is 10.0 Å². The third-order valence-corrected chi connectivity index (χ3v) is 5.92. The van der Waals surface area contributed by atoms with Crippen LogP contribution in [-0.2, 0) is 14.8 Å². The molecule has 2 aromatic rings. The summed E-state index contributed by atoms with van der Waals surface area (Å²) in [6, 6.07) is 10.7. The van der Waals surface area contributed by atoms with Crippen molar-refractivity contribution in [1.29, 1.82) is 0 Å². The van der Waals surface area contributed by atoms with E-state index < -0.39 is 22.0 Å². The Bertz CT molecular complexity index is 906. The van der Waals surface area contributed by atoms with Crippen LogP contribution in [0.4, 0.5) is 5.69 Å². The molecule has 0 saturated carbocycles. The lowest BCUT2D eigenvalue weighted by Gasteiger charge is -2.22. The Morgan fingerprint density at radius 1 is 1.04 bits per heavy atom. The van der Waals surface area contributed by atoms with Crippen LogP contribution in [0, 0.1) is 19.8 Å². The van der Waals surface area contributed by atoms with E-state index in [1.54, 1.807) is 32.0 Å². The Morgan fingerprint density at radius 2 is 1.67 bits per heavy atom. The van der Waals surface area contributed by atoms with Crippen molar-refractivity contribution in [3.8, 4) is 5.75 Å². The molecule has 0 radical (unpaired) electrons. The number of ether oxygens (including phenoxy) is 1. The molecular formula is C20H26N2O4S. The largest absolute Gasteiger partial charge is 0.497 e. The van der Waals surface area contributed by atoms with Crippen molar-refractivity contribution in [2.75, 3.05) is 12.4 Å². The molecule has 7 heteroatoms. The number of hydrogen-bond acceptors (Lipinski definition) is 4. The van der Waals surface area contributed by atoms with Gasteiger partial charge in [0.1, 0.15) is 11.8 Å². The first-order valence-corrected chi connectivity index (χ1v) is 10.2. The molecule has 1 unspecified atom stereocenters. The Morgan fingerprint density at radius 3 is 2.22 bits per heavy atom. The zero-order valence-corrected chi connectivity index (χ0v) is 17.1. The molecule has 1 amide bonds. The summed E-state index contributed by atoms with van der Waals surface area (Å²) < 4.78 is 33.0. The van der Waals surface area contributed by atoms with Gasteiger partial charge in [0.15, 0.2) is 0 Å². The molecule has 6 nitrogen and oxygen atoms in total. The summed E-state index contributed by atoms with van der Waals surface area (Å²) in [7, 11) is -2.34. The quantitative estimate of drug-likeness (QED) is 0.760. The molecule has 0 bridgehead atoms. The number of sulfonamides is 1. The van der Waals surface area contributed by atoms with Crippen molar-refractivity contribution in [1.82, 2.24) is 4.72 Å². The third kappa shape index (κ3) is 5.08. The van der Waals surface area contributed by atoms with E-state index in [9.17, 15) is 13.2 Å². The molecule has 0 fully saturated rings. The lowest BCUT2D eigenvalue weighted by atomic mass is 10.0. The highest BCUT2D eigenvalue weighted by molar-refractivity contribution is 7.89. The predicted octanol–water partition coefficient (Wildman–Crippen LogP) is 3.25. The standard InChI is InChI=1S/C20H26N2O4S/c1-13(2)19(20(23)21-18-8-6-7-14(3)15(18)4)22-27(24,25)17-11-9-16(26-5)10-12-17/h6-13,19,22H,1-5H3,(H,21,23). The molecule has 0 spiro atoms. The van der Waals surface area contributed by atoms with Gasteiger partial charge >= 0.3 is 0 Å². The van der Waals surface area contributed by atoms with Gasteiger partial charge in [0.05, 0.1) is 12.0 Å². The topological polar surface area (TPSA) is 84.5 Å². The van der Waals surface area contributed by atoms with Crippen LogP contribution in [0.5, 0.6) is 5.75 Å². The zero-order chi connectivity index (χ0) is 20.2. The number of carbonyl (C=O) groups is 1. The molecule has 0 saturated heterocycles. The number of benzene rings is 2. The van der Waals surface area contributed by atoms with Gasteiger partial charge in [-0.05, 0) is 61.2 Å². The maximum Gasteiger partial charge on any atom is 0.242 e. The lowest BCUT2D eigenvalue weighted by molar-refractivity contribution is -0.118. The number of amides is 1. The third-order valence-electron chi connectivity index (χ3n) is 4.46. The van der Waals surface area contributed by atoms with Crippen molar-refractivity contribution < 1.29 is 17.9 Å².